The first-order chi connectivity index (χ1) is 10.8. The van der Waals surface area contributed by atoms with Gasteiger partial charge in [0.25, 0.3) is 11.8 Å². The summed E-state index contributed by atoms with van der Waals surface area (Å²) in [6.07, 6.45) is -2.15. The number of aliphatic hydroxyl groups is 2. The second-order valence-corrected chi connectivity index (χ2v) is 6.38. The molecule has 2 amide bonds. The predicted molar refractivity (Wildman–Crippen MR) is 82.3 cm³/mol. The maximum Gasteiger partial charge on any atom is 0.252 e. The Bertz CT molecular complexity index is 365. The Hall–Kier alpha value is -1.22. The van der Waals surface area contributed by atoms with Crippen LogP contribution in [0.25, 0.3) is 0 Å². The minimum atomic E-state index is -1.07. The maximum absolute atomic E-state index is 12.3. The van der Waals surface area contributed by atoms with Crippen molar-refractivity contribution in [3.05, 3.63) is 0 Å². The molecule has 0 aliphatic carbocycles. The molecule has 0 aromatic carbocycles. The molecule has 0 aromatic rings. The van der Waals surface area contributed by atoms with Crippen LogP contribution in [0.3, 0.4) is 0 Å². The zero-order valence-corrected chi connectivity index (χ0v) is 14.1. The van der Waals surface area contributed by atoms with Crippen molar-refractivity contribution in [1.29, 1.82) is 0 Å². The first kappa shape index (κ1) is 19.8. The van der Waals surface area contributed by atoms with Crippen LogP contribution in [0.5, 0.6) is 0 Å². The van der Waals surface area contributed by atoms with Crippen LogP contribution in [0.1, 0.15) is 27.7 Å². The average molecular weight is 332 g/mol. The summed E-state index contributed by atoms with van der Waals surface area (Å²) in [5.74, 6) is -0.919. The smallest absolute Gasteiger partial charge is 0.252 e. The summed E-state index contributed by atoms with van der Waals surface area (Å²) < 4.78 is 10.4. The number of carbonyl (C=O) groups is 2. The highest BCUT2D eigenvalue weighted by Gasteiger charge is 2.41. The van der Waals surface area contributed by atoms with Crippen LogP contribution >= 0.6 is 0 Å². The molecule has 4 N–H and O–H groups in total. The van der Waals surface area contributed by atoms with Gasteiger partial charge in [0, 0.05) is 0 Å². The molecule has 23 heavy (non-hydrogen) atoms. The summed E-state index contributed by atoms with van der Waals surface area (Å²) in [4.78, 5) is 24.5. The van der Waals surface area contributed by atoms with Gasteiger partial charge in [-0.25, -0.2) is 0 Å². The number of ether oxygens (including phenoxy) is 2. The van der Waals surface area contributed by atoms with Gasteiger partial charge in [-0.15, -0.1) is 0 Å². The van der Waals surface area contributed by atoms with E-state index in [-0.39, 0.29) is 31.8 Å². The van der Waals surface area contributed by atoms with Crippen molar-refractivity contribution in [3.63, 3.8) is 0 Å². The van der Waals surface area contributed by atoms with Crippen molar-refractivity contribution in [2.24, 2.45) is 11.8 Å². The van der Waals surface area contributed by atoms with Gasteiger partial charge in [0.15, 0.2) is 12.2 Å². The lowest BCUT2D eigenvalue weighted by molar-refractivity contribution is -0.138. The Labute approximate surface area is 136 Å². The lowest BCUT2D eigenvalue weighted by atomic mass is 10.0. The van der Waals surface area contributed by atoms with E-state index < -0.39 is 36.1 Å². The van der Waals surface area contributed by atoms with Crippen molar-refractivity contribution in [2.45, 2.75) is 52.0 Å². The second-order valence-electron chi connectivity index (χ2n) is 6.38. The fraction of sp³-hybridized carbons (Fsp3) is 0.867. The SMILES string of the molecule is CC(C)[C@@H](CO)NC(=O)[C@@H]1OCO[C@H]1C(=O)N[C@H](CO)C(C)C. The fourth-order valence-corrected chi connectivity index (χ4v) is 2.16. The third kappa shape index (κ3) is 5.42. The van der Waals surface area contributed by atoms with Crippen molar-refractivity contribution in [1.82, 2.24) is 10.6 Å². The van der Waals surface area contributed by atoms with E-state index in [0.717, 1.165) is 0 Å². The third-order valence-electron chi connectivity index (χ3n) is 3.95. The first-order valence-corrected chi connectivity index (χ1v) is 7.87. The lowest BCUT2D eigenvalue weighted by Crippen LogP contribution is -2.54. The molecule has 1 saturated heterocycles. The van der Waals surface area contributed by atoms with Crippen LogP contribution in [-0.2, 0) is 19.1 Å². The van der Waals surface area contributed by atoms with Gasteiger partial charge in [-0.2, -0.15) is 0 Å². The van der Waals surface area contributed by atoms with E-state index >= 15 is 0 Å². The molecule has 8 heteroatoms. The summed E-state index contributed by atoms with van der Waals surface area (Å²) >= 11 is 0. The molecule has 1 rings (SSSR count). The lowest BCUT2D eigenvalue weighted by Gasteiger charge is -2.25. The van der Waals surface area contributed by atoms with Gasteiger partial charge in [-0.05, 0) is 11.8 Å². The largest absolute Gasteiger partial charge is 0.394 e. The van der Waals surface area contributed by atoms with E-state index in [0.29, 0.717) is 0 Å². The van der Waals surface area contributed by atoms with Gasteiger partial charge in [-0.3, -0.25) is 9.59 Å². The molecule has 0 saturated carbocycles. The van der Waals surface area contributed by atoms with Crippen LogP contribution in [0.4, 0.5) is 0 Å². The van der Waals surface area contributed by atoms with Crippen LogP contribution in [0.15, 0.2) is 0 Å². The second kappa shape index (κ2) is 9.17. The van der Waals surface area contributed by atoms with Gasteiger partial charge in [0.2, 0.25) is 0 Å². The van der Waals surface area contributed by atoms with Crippen molar-refractivity contribution < 1.29 is 29.3 Å². The molecule has 8 nitrogen and oxygen atoms in total. The third-order valence-corrected chi connectivity index (χ3v) is 3.95. The van der Waals surface area contributed by atoms with Crippen LogP contribution in [0.2, 0.25) is 0 Å². The number of amides is 2. The molecular formula is C15H28N2O6. The zero-order chi connectivity index (χ0) is 17.6. The standard InChI is InChI=1S/C15H28N2O6/c1-8(2)10(5-18)16-14(20)12-13(23-7-22-12)15(21)17-11(6-19)9(3)4/h8-13,18-19H,5-7H2,1-4H3,(H,16,20)(H,17,21)/t10-,11-,12-,13-/m1/s1. The molecule has 0 unspecified atom stereocenters. The molecule has 1 aliphatic heterocycles. The van der Waals surface area contributed by atoms with E-state index in [2.05, 4.69) is 10.6 Å². The van der Waals surface area contributed by atoms with Gasteiger partial charge in [-0.1, -0.05) is 27.7 Å². The summed E-state index contributed by atoms with van der Waals surface area (Å²) in [6, 6.07) is -0.840. The van der Waals surface area contributed by atoms with Gasteiger partial charge < -0.3 is 30.3 Å². The first-order valence-electron chi connectivity index (χ1n) is 7.87. The molecule has 1 fully saturated rings. The molecule has 134 valence electrons. The Kier molecular flexibility index (Phi) is 7.90. The predicted octanol–water partition coefficient (Wildman–Crippen LogP) is -1.01. The van der Waals surface area contributed by atoms with Gasteiger partial charge >= 0.3 is 0 Å². The maximum atomic E-state index is 12.3. The van der Waals surface area contributed by atoms with E-state index in [1.54, 1.807) is 0 Å². The summed E-state index contributed by atoms with van der Waals surface area (Å²) in [6.45, 7) is 6.91. The normalized spacial score (nSPS) is 23.8. The van der Waals surface area contributed by atoms with Crippen LogP contribution in [0, 0.1) is 11.8 Å². The van der Waals surface area contributed by atoms with Gasteiger partial charge in [0.05, 0.1) is 25.3 Å². The number of rotatable bonds is 8. The summed E-state index contributed by atoms with van der Waals surface area (Å²) in [5, 5.41) is 23.9. The molecule has 0 bridgehead atoms. The topological polar surface area (TPSA) is 117 Å². The molecule has 1 heterocycles. The minimum Gasteiger partial charge on any atom is -0.394 e. The van der Waals surface area contributed by atoms with E-state index in [4.69, 9.17) is 9.47 Å². The molecule has 0 spiro atoms. The number of nitrogens with one attached hydrogen (secondary N) is 2. The van der Waals surface area contributed by atoms with Crippen LogP contribution in [-0.4, -0.2) is 66.3 Å². The summed E-state index contributed by atoms with van der Waals surface area (Å²) in [5.41, 5.74) is 0. The molecule has 0 aromatic heterocycles. The Morgan fingerprint density at radius 3 is 1.52 bits per heavy atom. The monoisotopic (exact) mass is 332 g/mol. The Morgan fingerprint density at radius 1 is 0.913 bits per heavy atom. The molecule has 1 aliphatic rings. The number of hydrogen-bond acceptors (Lipinski definition) is 6. The number of hydrogen-bond donors (Lipinski definition) is 4. The zero-order valence-electron chi connectivity index (χ0n) is 14.1. The molecule has 0 radical (unpaired) electrons. The van der Waals surface area contributed by atoms with E-state index in [1.807, 2.05) is 27.7 Å². The van der Waals surface area contributed by atoms with Crippen LogP contribution < -0.4 is 10.6 Å². The number of carbonyl (C=O) groups excluding carboxylic acids is 2. The summed E-state index contributed by atoms with van der Waals surface area (Å²) in [7, 11) is 0. The van der Waals surface area contributed by atoms with Crippen molar-refractivity contribution in [3.8, 4) is 0 Å². The highest BCUT2D eigenvalue weighted by Crippen LogP contribution is 2.15. The van der Waals surface area contributed by atoms with Crippen molar-refractivity contribution >= 4 is 11.8 Å². The Balaban J connectivity index is 2.68. The quantitative estimate of drug-likeness (QED) is 0.453. The van der Waals surface area contributed by atoms with E-state index in [9.17, 15) is 19.8 Å². The minimum absolute atomic E-state index is 0.0401. The highest BCUT2D eigenvalue weighted by molar-refractivity contribution is 5.91. The number of aliphatic hydroxyl groups excluding tert-OH is 2. The van der Waals surface area contributed by atoms with Gasteiger partial charge in [0.1, 0.15) is 6.79 Å². The molecular weight excluding hydrogens is 304 g/mol. The Morgan fingerprint density at radius 2 is 1.26 bits per heavy atom. The van der Waals surface area contributed by atoms with E-state index in [1.165, 1.54) is 0 Å². The fourth-order valence-electron chi connectivity index (χ4n) is 2.16. The highest BCUT2D eigenvalue weighted by atomic mass is 16.7. The van der Waals surface area contributed by atoms with Crippen molar-refractivity contribution in [2.75, 3.05) is 20.0 Å². The molecule has 4 atom stereocenters. The average Bonchev–Trinajstić information content (AvgIpc) is 2.98.